The zero-order chi connectivity index (χ0) is 13.0. The van der Waals surface area contributed by atoms with Gasteiger partial charge in [-0.15, -0.1) is 0 Å². The van der Waals surface area contributed by atoms with Crippen molar-refractivity contribution in [3.63, 3.8) is 0 Å². The molecule has 0 aliphatic heterocycles. The summed E-state index contributed by atoms with van der Waals surface area (Å²) in [4.78, 5) is 2.31. The molecule has 2 unspecified atom stereocenters. The van der Waals surface area contributed by atoms with Gasteiger partial charge in [-0.05, 0) is 0 Å². The van der Waals surface area contributed by atoms with E-state index in [1.165, 1.54) is 10.9 Å². The van der Waals surface area contributed by atoms with Crippen LogP contribution in [-0.4, -0.2) is 40.0 Å². The topological polar surface area (TPSA) is 3.24 Å². The molecule has 2 rings (SSSR count). The summed E-state index contributed by atoms with van der Waals surface area (Å²) in [6.07, 6.45) is 6.91. The molecule has 1 aromatic rings. The second-order valence-electron chi connectivity index (χ2n) is 4.96. The Morgan fingerprint density at radius 2 is 1.94 bits per heavy atom. The van der Waals surface area contributed by atoms with Crippen molar-refractivity contribution >= 4 is 15.0 Å². The van der Waals surface area contributed by atoms with E-state index in [4.69, 9.17) is 0 Å². The number of rotatable bonds is 5. The molecule has 18 heavy (non-hydrogen) atoms. The van der Waals surface area contributed by atoms with Crippen molar-refractivity contribution in [3.8, 4) is 0 Å². The third-order valence-electron chi connectivity index (χ3n) is 3.49. The Morgan fingerprint density at radius 1 is 1.22 bits per heavy atom. The van der Waals surface area contributed by atoms with Crippen molar-refractivity contribution in [2.75, 3.05) is 14.1 Å². The van der Waals surface area contributed by atoms with Gasteiger partial charge in [-0.25, -0.2) is 0 Å². The maximum absolute atomic E-state index is 2.35. The van der Waals surface area contributed by atoms with E-state index < -0.39 is 0 Å². The van der Waals surface area contributed by atoms with E-state index in [0.717, 1.165) is 0 Å². The summed E-state index contributed by atoms with van der Waals surface area (Å²) in [5, 5.41) is 1.21. The van der Waals surface area contributed by atoms with Crippen LogP contribution in [0.2, 0.25) is 0 Å². The van der Waals surface area contributed by atoms with Crippen molar-refractivity contribution in [3.05, 3.63) is 58.6 Å². The zero-order valence-electron chi connectivity index (χ0n) is 11.3. The number of hydrogen-bond donors (Lipinski definition) is 0. The molecule has 0 saturated carbocycles. The van der Waals surface area contributed by atoms with Crippen molar-refractivity contribution in [1.29, 1.82) is 0 Å². The van der Waals surface area contributed by atoms with Gasteiger partial charge in [0.1, 0.15) is 0 Å². The van der Waals surface area contributed by atoms with Crippen LogP contribution in [0.4, 0.5) is 0 Å². The van der Waals surface area contributed by atoms with Gasteiger partial charge in [0.25, 0.3) is 0 Å². The van der Waals surface area contributed by atoms with Crippen molar-refractivity contribution in [2.45, 2.75) is 18.3 Å². The Bertz CT molecular complexity index is 434. The van der Waals surface area contributed by atoms with Gasteiger partial charge in [-0.3, -0.25) is 0 Å². The monoisotopic (exact) mass is 307 g/mol. The zero-order valence-corrected chi connectivity index (χ0v) is 13.0. The third kappa shape index (κ3) is 3.35. The Balaban J connectivity index is 1.94. The molecule has 0 amide bonds. The number of nitrogens with zero attached hydrogens (tertiary/aromatic N) is 1. The molecule has 0 heterocycles. The minimum atomic E-state index is 0.569. The second kappa shape index (κ2) is 6.38. The van der Waals surface area contributed by atoms with Crippen LogP contribution in [0.5, 0.6) is 0 Å². The number of benzene rings is 1. The first-order valence-corrected chi connectivity index (χ1v) is 8.47. The molecular formula is C16H21NSe. The number of allylic oxidation sites excluding steroid dienone is 2. The first-order chi connectivity index (χ1) is 8.68. The van der Waals surface area contributed by atoms with Crippen LogP contribution in [0, 0.1) is 5.92 Å². The predicted molar refractivity (Wildman–Crippen MR) is 79.8 cm³/mol. The SMILES string of the molecule is CC(C1C=CC=C1[Se]Cc1ccccc1)N(C)C. The molecule has 0 bridgehead atoms. The first kappa shape index (κ1) is 13.6. The summed E-state index contributed by atoms with van der Waals surface area (Å²) in [5.74, 6) is 0.615. The van der Waals surface area contributed by atoms with Crippen LogP contribution >= 0.6 is 0 Å². The van der Waals surface area contributed by atoms with Crippen LogP contribution in [-0.2, 0) is 5.32 Å². The quantitative estimate of drug-likeness (QED) is 0.756. The average molecular weight is 306 g/mol. The Morgan fingerprint density at radius 3 is 2.61 bits per heavy atom. The molecule has 0 aromatic heterocycles. The van der Waals surface area contributed by atoms with E-state index in [-0.39, 0.29) is 0 Å². The summed E-state index contributed by atoms with van der Waals surface area (Å²) < 4.78 is 1.63. The summed E-state index contributed by atoms with van der Waals surface area (Å²) in [5.41, 5.74) is 1.46. The Labute approximate surface area is 117 Å². The van der Waals surface area contributed by atoms with Crippen LogP contribution < -0.4 is 0 Å². The van der Waals surface area contributed by atoms with E-state index in [0.29, 0.717) is 26.9 Å². The van der Waals surface area contributed by atoms with Crippen molar-refractivity contribution < 1.29 is 0 Å². The van der Waals surface area contributed by atoms with Gasteiger partial charge in [0.2, 0.25) is 0 Å². The Hall–Kier alpha value is -0.821. The summed E-state index contributed by atoms with van der Waals surface area (Å²) in [7, 11) is 4.33. The van der Waals surface area contributed by atoms with Gasteiger partial charge >= 0.3 is 117 Å². The fourth-order valence-corrected chi connectivity index (χ4v) is 4.53. The number of hydrogen-bond acceptors (Lipinski definition) is 1. The molecule has 0 saturated heterocycles. The molecule has 1 aliphatic rings. The molecule has 0 radical (unpaired) electrons. The van der Waals surface area contributed by atoms with E-state index in [1.54, 1.807) is 4.47 Å². The van der Waals surface area contributed by atoms with E-state index in [2.05, 4.69) is 74.5 Å². The van der Waals surface area contributed by atoms with Gasteiger partial charge in [-0.2, -0.15) is 0 Å². The first-order valence-electron chi connectivity index (χ1n) is 6.40. The molecular weight excluding hydrogens is 285 g/mol. The third-order valence-corrected chi connectivity index (χ3v) is 6.05. The fourth-order valence-electron chi connectivity index (χ4n) is 2.08. The fraction of sp³-hybridized carbons (Fsp3) is 0.375. The van der Waals surface area contributed by atoms with Crippen LogP contribution in [0.3, 0.4) is 0 Å². The normalized spacial score (nSPS) is 20.2. The molecule has 1 aromatic carbocycles. The maximum atomic E-state index is 2.35. The van der Waals surface area contributed by atoms with E-state index in [1.807, 2.05) is 0 Å². The summed E-state index contributed by atoms with van der Waals surface area (Å²) >= 11 is 0.569. The van der Waals surface area contributed by atoms with E-state index >= 15 is 0 Å². The molecule has 0 N–H and O–H groups in total. The van der Waals surface area contributed by atoms with Crippen LogP contribution in [0.25, 0.3) is 0 Å². The van der Waals surface area contributed by atoms with Crippen molar-refractivity contribution in [2.24, 2.45) is 5.92 Å². The second-order valence-corrected chi connectivity index (χ2v) is 7.16. The summed E-state index contributed by atoms with van der Waals surface area (Å²) in [6, 6.07) is 11.4. The molecule has 1 aliphatic carbocycles. The molecule has 96 valence electrons. The van der Waals surface area contributed by atoms with Gasteiger partial charge in [-0.1, -0.05) is 0 Å². The Kier molecular flexibility index (Phi) is 4.82. The molecule has 2 heteroatoms. The molecule has 0 fully saturated rings. The standard InChI is InChI=1S/C16H21NSe/c1-13(17(2)3)15-10-7-11-16(15)18-12-14-8-5-4-6-9-14/h4-11,13,15H,12H2,1-3H3. The van der Waals surface area contributed by atoms with Gasteiger partial charge in [0, 0.05) is 0 Å². The van der Waals surface area contributed by atoms with E-state index in [9.17, 15) is 0 Å². The van der Waals surface area contributed by atoms with Gasteiger partial charge in [0.15, 0.2) is 0 Å². The average Bonchev–Trinajstić information content (AvgIpc) is 2.84. The molecule has 2 atom stereocenters. The molecule has 1 nitrogen and oxygen atoms in total. The minimum absolute atomic E-state index is 0.569. The molecule has 0 spiro atoms. The summed E-state index contributed by atoms with van der Waals surface area (Å²) in [6.45, 7) is 2.31. The van der Waals surface area contributed by atoms with Crippen molar-refractivity contribution in [1.82, 2.24) is 4.90 Å². The predicted octanol–water partition coefficient (Wildman–Crippen LogP) is 2.91. The van der Waals surface area contributed by atoms with Gasteiger partial charge < -0.3 is 0 Å². The van der Waals surface area contributed by atoms with Crippen LogP contribution in [0.15, 0.2) is 53.0 Å². The van der Waals surface area contributed by atoms with Crippen LogP contribution in [0.1, 0.15) is 12.5 Å². The van der Waals surface area contributed by atoms with Gasteiger partial charge in [0.05, 0.1) is 0 Å².